The third-order valence-electron chi connectivity index (χ3n) is 2.86. The maximum absolute atomic E-state index is 11.6. The van der Waals surface area contributed by atoms with E-state index in [1.807, 2.05) is 30.3 Å². The Hall–Kier alpha value is -2.82. The van der Waals surface area contributed by atoms with Crippen molar-refractivity contribution in [3.05, 3.63) is 59.7 Å². The van der Waals surface area contributed by atoms with Gasteiger partial charge in [0.05, 0.1) is 12.7 Å². The molecule has 0 amide bonds. The molecule has 0 bridgehead atoms. The van der Waals surface area contributed by atoms with Gasteiger partial charge in [0, 0.05) is 0 Å². The van der Waals surface area contributed by atoms with Crippen LogP contribution < -0.4 is 9.47 Å². The van der Waals surface area contributed by atoms with Gasteiger partial charge in [-0.2, -0.15) is 0 Å². The Labute approximate surface area is 121 Å². The lowest BCUT2D eigenvalue weighted by Crippen LogP contribution is -2.14. The molecule has 0 fully saturated rings. The number of aliphatic carboxylic acids is 1. The van der Waals surface area contributed by atoms with Crippen molar-refractivity contribution in [1.82, 2.24) is 0 Å². The highest BCUT2D eigenvalue weighted by atomic mass is 16.5. The van der Waals surface area contributed by atoms with E-state index in [9.17, 15) is 9.59 Å². The molecule has 0 saturated carbocycles. The van der Waals surface area contributed by atoms with Crippen molar-refractivity contribution >= 4 is 11.8 Å². The average Bonchev–Trinajstić information content (AvgIpc) is 2.52. The summed E-state index contributed by atoms with van der Waals surface area (Å²) in [4.78, 5) is 22.4. The largest absolute Gasteiger partial charge is 0.492 e. The Morgan fingerprint density at radius 1 is 1.05 bits per heavy atom. The monoisotopic (exact) mass is 286 g/mol. The second-order valence-electron chi connectivity index (χ2n) is 4.25. The molecule has 5 heteroatoms. The fourth-order valence-corrected chi connectivity index (χ4v) is 1.87. The predicted octanol–water partition coefficient (Wildman–Crippen LogP) is 2.54. The summed E-state index contributed by atoms with van der Waals surface area (Å²) in [5.41, 5.74) is 0.921. The molecule has 0 unspecified atom stereocenters. The lowest BCUT2D eigenvalue weighted by molar-refractivity contribution is -0.131. The molecular weight excluding hydrogens is 272 g/mol. The smallest absolute Gasteiger partial charge is 0.377 e. The summed E-state index contributed by atoms with van der Waals surface area (Å²) in [5.74, 6) is -2.11. The number of methoxy groups -OCH3 is 1. The zero-order chi connectivity index (χ0) is 15.2. The van der Waals surface area contributed by atoms with Crippen LogP contribution in [-0.2, 0) is 11.4 Å². The van der Waals surface area contributed by atoms with Crippen LogP contribution in [0.15, 0.2) is 48.5 Å². The number of para-hydroxylation sites is 1. The van der Waals surface area contributed by atoms with Crippen molar-refractivity contribution < 1.29 is 24.2 Å². The zero-order valence-corrected chi connectivity index (χ0v) is 11.4. The fourth-order valence-electron chi connectivity index (χ4n) is 1.87. The van der Waals surface area contributed by atoms with Crippen molar-refractivity contribution in [2.45, 2.75) is 6.61 Å². The van der Waals surface area contributed by atoms with Gasteiger partial charge in [0.1, 0.15) is 6.61 Å². The van der Waals surface area contributed by atoms with Crippen molar-refractivity contribution in [1.29, 1.82) is 0 Å². The van der Waals surface area contributed by atoms with Crippen molar-refractivity contribution in [2.75, 3.05) is 7.11 Å². The zero-order valence-electron chi connectivity index (χ0n) is 11.4. The van der Waals surface area contributed by atoms with Crippen LogP contribution in [0.5, 0.6) is 11.5 Å². The first-order valence-corrected chi connectivity index (χ1v) is 6.25. The summed E-state index contributed by atoms with van der Waals surface area (Å²) in [6.45, 7) is 0.294. The van der Waals surface area contributed by atoms with Gasteiger partial charge in [-0.1, -0.05) is 36.4 Å². The molecule has 0 aliphatic carbocycles. The summed E-state index contributed by atoms with van der Waals surface area (Å²) in [7, 11) is 1.36. The normalized spacial score (nSPS) is 9.95. The maximum Gasteiger partial charge on any atom is 0.377 e. The van der Waals surface area contributed by atoms with Gasteiger partial charge >= 0.3 is 5.97 Å². The molecule has 0 spiro atoms. The van der Waals surface area contributed by atoms with Gasteiger partial charge in [0.15, 0.2) is 11.5 Å². The van der Waals surface area contributed by atoms with E-state index >= 15 is 0 Å². The molecule has 2 aromatic rings. The van der Waals surface area contributed by atoms with Crippen LogP contribution in [0.2, 0.25) is 0 Å². The van der Waals surface area contributed by atoms with Crippen molar-refractivity contribution in [3.8, 4) is 11.5 Å². The Kier molecular flexibility index (Phi) is 4.56. The lowest BCUT2D eigenvalue weighted by atomic mass is 10.1. The first kappa shape index (κ1) is 14.6. The number of hydrogen-bond donors (Lipinski definition) is 1. The van der Waals surface area contributed by atoms with Crippen LogP contribution in [0.3, 0.4) is 0 Å². The van der Waals surface area contributed by atoms with E-state index in [0.29, 0.717) is 12.4 Å². The van der Waals surface area contributed by atoms with E-state index in [4.69, 9.17) is 14.6 Å². The molecule has 0 aliphatic heterocycles. The lowest BCUT2D eigenvalue weighted by Gasteiger charge is -2.13. The summed E-state index contributed by atoms with van der Waals surface area (Å²) in [6.07, 6.45) is 0. The fraction of sp³-hybridized carbons (Fsp3) is 0.125. The minimum atomic E-state index is -1.53. The van der Waals surface area contributed by atoms with Gasteiger partial charge in [0.25, 0.3) is 5.78 Å². The van der Waals surface area contributed by atoms with E-state index in [1.165, 1.54) is 13.2 Å². The van der Waals surface area contributed by atoms with Crippen LogP contribution in [-0.4, -0.2) is 24.0 Å². The molecular formula is C16H14O5. The van der Waals surface area contributed by atoms with E-state index in [2.05, 4.69) is 0 Å². The van der Waals surface area contributed by atoms with Crippen molar-refractivity contribution in [3.63, 3.8) is 0 Å². The van der Waals surface area contributed by atoms with Crippen LogP contribution in [0.4, 0.5) is 0 Å². The minimum absolute atomic E-state index is 0.0319. The van der Waals surface area contributed by atoms with E-state index < -0.39 is 11.8 Å². The van der Waals surface area contributed by atoms with E-state index in [-0.39, 0.29) is 11.3 Å². The summed E-state index contributed by atoms with van der Waals surface area (Å²) in [5, 5.41) is 8.81. The van der Waals surface area contributed by atoms with Crippen LogP contribution >= 0.6 is 0 Å². The molecule has 0 heterocycles. The number of rotatable bonds is 6. The second kappa shape index (κ2) is 6.56. The Bertz CT molecular complexity index is 649. The number of carbonyl (C=O) groups excluding carboxylic acids is 1. The Morgan fingerprint density at radius 3 is 2.38 bits per heavy atom. The van der Waals surface area contributed by atoms with Crippen LogP contribution in [0.1, 0.15) is 15.9 Å². The molecule has 21 heavy (non-hydrogen) atoms. The molecule has 108 valence electrons. The maximum atomic E-state index is 11.6. The van der Waals surface area contributed by atoms with E-state index in [1.54, 1.807) is 12.1 Å². The van der Waals surface area contributed by atoms with Gasteiger partial charge in [-0.15, -0.1) is 0 Å². The van der Waals surface area contributed by atoms with Gasteiger partial charge in [-0.05, 0) is 17.7 Å². The summed E-state index contributed by atoms with van der Waals surface area (Å²) >= 11 is 0. The quantitative estimate of drug-likeness (QED) is 0.652. The number of hydrogen-bond acceptors (Lipinski definition) is 4. The molecule has 2 rings (SSSR count). The van der Waals surface area contributed by atoms with Crippen LogP contribution in [0.25, 0.3) is 0 Å². The number of carboxylic acids is 1. The average molecular weight is 286 g/mol. The SMILES string of the molecule is COc1c(OCc2ccccc2)cccc1C(=O)C(=O)O. The molecule has 0 aliphatic rings. The number of ketones is 1. The molecule has 0 atom stereocenters. The molecule has 0 aromatic heterocycles. The number of ether oxygens (including phenoxy) is 2. The molecule has 1 N–H and O–H groups in total. The highest BCUT2D eigenvalue weighted by Crippen LogP contribution is 2.32. The molecule has 5 nitrogen and oxygen atoms in total. The summed E-state index contributed by atoms with van der Waals surface area (Å²) < 4.78 is 10.7. The Morgan fingerprint density at radius 2 is 1.76 bits per heavy atom. The first-order valence-electron chi connectivity index (χ1n) is 6.25. The van der Waals surface area contributed by atoms with Gasteiger partial charge in [-0.25, -0.2) is 4.79 Å². The number of carbonyl (C=O) groups is 2. The second-order valence-corrected chi connectivity index (χ2v) is 4.25. The van der Waals surface area contributed by atoms with Gasteiger partial charge in [0.2, 0.25) is 0 Å². The number of carboxylic acid groups (broad SMARTS) is 1. The Balaban J connectivity index is 2.25. The standard InChI is InChI=1S/C16H14O5/c1-20-15-12(14(17)16(18)19)8-5-9-13(15)21-10-11-6-3-2-4-7-11/h2-9H,10H2,1H3,(H,18,19). The number of Topliss-reactive ketones (excluding diaryl/α,β-unsaturated/α-hetero) is 1. The van der Waals surface area contributed by atoms with E-state index in [0.717, 1.165) is 5.56 Å². The van der Waals surface area contributed by atoms with Crippen LogP contribution in [0, 0.1) is 0 Å². The molecule has 0 saturated heterocycles. The van der Waals surface area contributed by atoms with Crippen molar-refractivity contribution in [2.24, 2.45) is 0 Å². The molecule has 0 radical (unpaired) electrons. The highest BCUT2D eigenvalue weighted by Gasteiger charge is 2.22. The van der Waals surface area contributed by atoms with Gasteiger partial charge < -0.3 is 14.6 Å². The predicted molar refractivity (Wildman–Crippen MR) is 75.7 cm³/mol. The minimum Gasteiger partial charge on any atom is -0.492 e. The highest BCUT2D eigenvalue weighted by molar-refractivity contribution is 6.40. The first-order chi connectivity index (χ1) is 10.1. The molecule has 2 aromatic carbocycles. The summed E-state index contributed by atoms with van der Waals surface area (Å²) in [6, 6.07) is 14.1. The van der Waals surface area contributed by atoms with Gasteiger partial charge in [-0.3, -0.25) is 4.79 Å². The third-order valence-corrected chi connectivity index (χ3v) is 2.86. The third kappa shape index (κ3) is 3.39. The number of benzene rings is 2. The topological polar surface area (TPSA) is 72.8 Å².